The van der Waals surface area contributed by atoms with E-state index >= 15 is 0 Å². The Kier molecular flexibility index (Phi) is 3.84. The van der Waals surface area contributed by atoms with E-state index in [1.165, 1.54) is 32.1 Å². The molecular formula is C14H22N4. The molecule has 1 aliphatic carbocycles. The van der Waals surface area contributed by atoms with Gasteiger partial charge < -0.3 is 10.6 Å². The summed E-state index contributed by atoms with van der Waals surface area (Å²) in [5.74, 6) is 1.05. The van der Waals surface area contributed by atoms with E-state index in [0.29, 0.717) is 6.04 Å². The van der Waals surface area contributed by atoms with Crippen molar-refractivity contribution >= 4 is 11.7 Å². The van der Waals surface area contributed by atoms with Gasteiger partial charge >= 0.3 is 0 Å². The minimum Gasteiger partial charge on any atom is -0.384 e. The molecule has 0 bridgehead atoms. The molecular weight excluding hydrogens is 224 g/mol. The average molecular weight is 246 g/mol. The molecule has 0 aromatic carbocycles. The molecule has 0 atom stereocenters. The highest BCUT2D eigenvalue weighted by atomic mass is 15.2. The molecule has 2 rings (SSSR count). The molecule has 1 heterocycles. The Morgan fingerprint density at radius 1 is 1.33 bits per heavy atom. The summed E-state index contributed by atoms with van der Waals surface area (Å²) in [6.07, 6.45) is 6.44. The van der Waals surface area contributed by atoms with Crippen LogP contribution < -0.4 is 10.6 Å². The number of aromatic nitrogens is 1. The molecule has 1 aromatic rings. The second-order valence-corrected chi connectivity index (χ2v) is 5.17. The van der Waals surface area contributed by atoms with Gasteiger partial charge in [0.05, 0.1) is 0 Å². The Morgan fingerprint density at radius 3 is 2.61 bits per heavy atom. The van der Waals surface area contributed by atoms with Crippen LogP contribution in [0.15, 0.2) is 12.1 Å². The molecule has 18 heavy (non-hydrogen) atoms. The summed E-state index contributed by atoms with van der Waals surface area (Å²) in [5, 5.41) is 7.55. The van der Waals surface area contributed by atoms with E-state index in [0.717, 1.165) is 17.1 Å². The Morgan fingerprint density at radius 2 is 2.00 bits per heavy atom. The first-order chi connectivity index (χ1) is 8.58. The maximum atomic E-state index is 7.55. The molecule has 0 aliphatic heterocycles. The van der Waals surface area contributed by atoms with Crippen LogP contribution in [-0.2, 0) is 0 Å². The van der Waals surface area contributed by atoms with Gasteiger partial charge in [-0.2, -0.15) is 0 Å². The number of nitrogens with two attached hydrogens (primary N) is 1. The molecule has 0 amide bonds. The highest BCUT2D eigenvalue weighted by molar-refractivity contribution is 5.95. The molecule has 4 nitrogen and oxygen atoms in total. The first kappa shape index (κ1) is 12.9. The van der Waals surface area contributed by atoms with Crippen molar-refractivity contribution in [3.63, 3.8) is 0 Å². The van der Waals surface area contributed by atoms with Crippen molar-refractivity contribution in [2.24, 2.45) is 5.73 Å². The maximum Gasteiger partial charge on any atom is 0.129 e. The second-order valence-electron chi connectivity index (χ2n) is 5.17. The number of nitrogens with one attached hydrogen (secondary N) is 1. The van der Waals surface area contributed by atoms with Crippen LogP contribution in [0.25, 0.3) is 0 Å². The zero-order valence-corrected chi connectivity index (χ0v) is 11.2. The summed E-state index contributed by atoms with van der Waals surface area (Å²) < 4.78 is 0. The van der Waals surface area contributed by atoms with Gasteiger partial charge in [-0.05, 0) is 31.9 Å². The van der Waals surface area contributed by atoms with Gasteiger partial charge in [-0.25, -0.2) is 4.98 Å². The van der Waals surface area contributed by atoms with E-state index in [1.807, 2.05) is 19.1 Å². The first-order valence-electron chi connectivity index (χ1n) is 6.64. The lowest BCUT2D eigenvalue weighted by molar-refractivity contribution is 0.426. The molecule has 1 aliphatic rings. The van der Waals surface area contributed by atoms with Gasteiger partial charge in [-0.3, -0.25) is 5.41 Å². The third-order valence-electron chi connectivity index (χ3n) is 3.73. The van der Waals surface area contributed by atoms with Crippen molar-refractivity contribution in [1.82, 2.24) is 4.98 Å². The Bertz CT molecular complexity index is 435. The van der Waals surface area contributed by atoms with Crippen LogP contribution in [0, 0.1) is 12.3 Å². The number of hydrogen-bond donors (Lipinski definition) is 2. The molecule has 1 fully saturated rings. The molecule has 3 N–H and O–H groups in total. The molecule has 0 saturated heterocycles. The number of rotatable bonds is 3. The Hall–Kier alpha value is -1.58. The van der Waals surface area contributed by atoms with E-state index in [1.54, 1.807) is 0 Å². The number of amidine groups is 1. The number of pyridine rings is 1. The zero-order chi connectivity index (χ0) is 13.1. The lowest BCUT2D eigenvalue weighted by Gasteiger charge is -2.32. The SMILES string of the molecule is Cc1cc(C(=N)N)cc(N(C)C2CCCCC2)n1. The zero-order valence-electron chi connectivity index (χ0n) is 11.2. The monoisotopic (exact) mass is 246 g/mol. The van der Waals surface area contributed by atoms with Gasteiger partial charge in [0.1, 0.15) is 11.7 Å². The minimum atomic E-state index is 0.110. The topological polar surface area (TPSA) is 66.0 Å². The summed E-state index contributed by atoms with van der Waals surface area (Å²) in [4.78, 5) is 6.81. The summed E-state index contributed by atoms with van der Waals surface area (Å²) in [5.41, 5.74) is 7.25. The molecule has 4 heteroatoms. The fourth-order valence-corrected chi connectivity index (χ4v) is 2.64. The van der Waals surface area contributed by atoms with Gasteiger partial charge in [0.15, 0.2) is 0 Å². The summed E-state index contributed by atoms with van der Waals surface area (Å²) in [6.45, 7) is 1.95. The number of anilines is 1. The molecule has 1 saturated carbocycles. The van der Waals surface area contributed by atoms with E-state index in [2.05, 4.69) is 16.9 Å². The number of aryl methyl sites for hydroxylation is 1. The number of nitrogens with zero attached hydrogens (tertiary/aromatic N) is 2. The standard InChI is InChI=1S/C14H22N4/c1-10-8-11(14(15)16)9-13(17-10)18(2)12-6-4-3-5-7-12/h8-9,12H,3-7H2,1-2H3,(H3,15,16). The van der Waals surface area contributed by atoms with E-state index < -0.39 is 0 Å². The van der Waals surface area contributed by atoms with Crippen LogP contribution in [0.5, 0.6) is 0 Å². The fraction of sp³-hybridized carbons (Fsp3) is 0.571. The lowest BCUT2D eigenvalue weighted by atomic mass is 9.94. The number of nitrogen functional groups attached to an aromatic ring is 1. The van der Waals surface area contributed by atoms with Crippen molar-refractivity contribution in [3.05, 3.63) is 23.4 Å². The Balaban J connectivity index is 2.23. The predicted octanol–water partition coefficient (Wildman–Crippen LogP) is 2.44. The van der Waals surface area contributed by atoms with Crippen LogP contribution in [-0.4, -0.2) is 23.9 Å². The van der Waals surface area contributed by atoms with E-state index in [9.17, 15) is 0 Å². The van der Waals surface area contributed by atoms with Crippen molar-refractivity contribution in [3.8, 4) is 0 Å². The highest BCUT2D eigenvalue weighted by Crippen LogP contribution is 2.25. The third kappa shape index (κ3) is 2.81. The quantitative estimate of drug-likeness (QED) is 0.636. The van der Waals surface area contributed by atoms with Gasteiger partial charge in [0.2, 0.25) is 0 Å². The molecule has 0 unspecified atom stereocenters. The van der Waals surface area contributed by atoms with Gasteiger partial charge in [-0.15, -0.1) is 0 Å². The van der Waals surface area contributed by atoms with E-state index in [4.69, 9.17) is 11.1 Å². The van der Waals surface area contributed by atoms with Crippen molar-refractivity contribution in [2.75, 3.05) is 11.9 Å². The van der Waals surface area contributed by atoms with E-state index in [-0.39, 0.29) is 5.84 Å². The Labute approximate surface area is 109 Å². The van der Waals surface area contributed by atoms with Crippen molar-refractivity contribution < 1.29 is 0 Å². The van der Waals surface area contributed by atoms with Crippen LogP contribution in [0.2, 0.25) is 0 Å². The molecule has 0 radical (unpaired) electrons. The summed E-state index contributed by atoms with van der Waals surface area (Å²) in [6, 6.07) is 4.36. The average Bonchev–Trinajstić information content (AvgIpc) is 2.38. The molecule has 98 valence electrons. The normalized spacial score (nSPS) is 16.6. The van der Waals surface area contributed by atoms with Gasteiger partial charge in [0.25, 0.3) is 0 Å². The van der Waals surface area contributed by atoms with Gasteiger partial charge in [-0.1, -0.05) is 19.3 Å². The third-order valence-corrected chi connectivity index (χ3v) is 3.73. The van der Waals surface area contributed by atoms with Gasteiger partial charge in [0, 0.05) is 24.3 Å². The summed E-state index contributed by atoms with van der Waals surface area (Å²) in [7, 11) is 2.10. The van der Waals surface area contributed by atoms with Crippen molar-refractivity contribution in [2.45, 2.75) is 45.1 Å². The molecule has 1 aromatic heterocycles. The second kappa shape index (κ2) is 5.38. The van der Waals surface area contributed by atoms with Crippen LogP contribution >= 0.6 is 0 Å². The van der Waals surface area contributed by atoms with Crippen molar-refractivity contribution in [1.29, 1.82) is 5.41 Å². The summed E-state index contributed by atoms with van der Waals surface area (Å²) >= 11 is 0. The number of hydrogen-bond acceptors (Lipinski definition) is 3. The molecule has 0 spiro atoms. The largest absolute Gasteiger partial charge is 0.384 e. The van der Waals surface area contributed by atoms with Crippen LogP contribution in [0.3, 0.4) is 0 Å². The predicted molar refractivity (Wildman–Crippen MR) is 75.3 cm³/mol. The maximum absolute atomic E-state index is 7.55. The van der Waals surface area contributed by atoms with Crippen LogP contribution in [0.4, 0.5) is 5.82 Å². The van der Waals surface area contributed by atoms with Crippen LogP contribution in [0.1, 0.15) is 43.4 Å². The highest BCUT2D eigenvalue weighted by Gasteiger charge is 2.19. The minimum absolute atomic E-state index is 0.110. The smallest absolute Gasteiger partial charge is 0.129 e. The first-order valence-corrected chi connectivity index (χ1v) is 6.64. The fourth-order valence-electron chi connectivity index (χ4n) is 2.64. The lowest BCUT2D eigenvalue weighted by Crippen LogP contribution is -2.34.